The SMILES string of the molecule is COc1ccc(CC(=O)N2CCC3(CC2)COc2ccc(CN)cc23)cc1C.COc1cccc(CCC(=O)N2CCC3(CC2)COc2ccc(CN)cc23)c1.CSc1ccc(CC(=O)N2CCC3(CC2)COc2ccc(CN)cc23)cc1. The van der Waals surface area contributed by atoms with Crippen molar-refractivity contribution in [3.05, 3.63) is 177 Å². The van der Waals surface area contributed by atoms with E-state index >= 15 is 0 Å². The summed E-state index contributed by atoms with van der Waals surface area (Å²) in [6.07, 6.45) is 9.89. The second-order valence-corrected chi connectivity index (χ2v) is 24.2. The molecule has 0 aliphatic carbocycles. The number of nitrogens with zero attached hydrogens (tertiary/aromatic N) is 3. The van der Waals surface area contributed by atoms with Gasteiger partial charge in [0.25, 0.3) is 0 Å². The Kier molecular flexibility index (Phi) is 18.7. The normalized spacial score (nSPS) is 17.4. The minimum absolute atomic E-state index is 0.0218. The van der Waals surface area contributed by atoms with Gasteiger partial charge in [0.1, 0.15) is 28.7 Å². The monoisotopic (exact) mass is 1140 g/mol. The number of likely N-dealkylation sites (tertiary alicyclic amines) is 3. The van der Waals surface area contributed by atoms with Gasteiger partial charge in [0.2, 0.25) is 17.7 Å². The summed E-state index contributed by atoms with van der Waals surface area (Å²) in [6, 6.07) is 41.0. The van der Waals surface area contributed by atoms with E-state index in [0.29, 0.717) is 58.7 Å². The van der Waals surface area contributed by atoms with Crippen molar-refractivity contribution in [3.8, 4) is 28.7 Å². The molecule has 15 heteroatoms. The molecule has 14 nitrogen and oxygen atoms in total. The first-order valence-electron chi connectivity index (χ1n) is 29.4. The fourth-order valence-corrected chi connectivity index (χ4v) is 13.4. The Morgan fingerprint density at radius 3 is 1.33 bits per heavy atom. The molecule has 0 bridgehead atoms. The van der Waals surface area contributed by atoms with Crippen molar-refractivity contribution in [1.29, 1.82) is 0 Å². The van der Waals surface area contributed by atoms with Crippen LogP contribution in [0.2, 0.25) is 0 Å². The number of carbonyl (C=O) groups is 3. The van der Waals surface area contributed by atoms with Crippen molar-refractivity contribution >= 4 is 29.5 Å². The predicted molar refractivity (Wildman–Crippen MR) is 327 cm³/mol. The van der Waals surface area contributed by atoms with Gasteiger partial charge in [-0.2, -0.15) is 0 Å². The third kappa shape index (κ3) is 13.2. The Hall–Kier alpha value is -7.04. The van der Waals surface area contributed by atoms with E-state index in [-0.39, 0.29) is 34.0 Å². The van der Waals surface area contributed by atoms with E-state index in [1.807, 2.05) is 100 Å². The molecular formula is C68H82N6O8S. The molecule has 6 aromatic carbocycles. The molecular weight excluding hydrogens is 1060 g/mol. The quantitative estimate of drug-likeness (QED) is 0.0933. The van der Waals surface area contributed by atoms with Crippen LogP contribution in [-0.2, 0) is 69.5 Å². The molecule has 3 fully saturated rings. The standard InChI is InChI=1S/2C23H28N2O3.C22H26N2O2S/c1-16-11-17(3-5-20(16)27-2)13-22(26)25-9-7-23(8-10-25)15-28-21-6-4-18(14-24)12-19(21)23;1-27-19-4-2-3-17(13-19)6-8-22(26)25-11-9-23(10-12-25)16-28-21-7-5-18(15-24)14-20(21)23;1-27-18-5-2-16(3-6-18)13-21(25)24-10-8-22(9-11-24)15-26-20-7-4-17(14-23)12-19(20)22/h3-6,11-12H,7-10,13-15,24H2,1-2H3;2-5,7,13-14H,6,8-12,15-16,24H2,1H3;2-7,12H,8-11,13-15,23H2,1H3. The number of fused-ring (bicyclic) bond motifs is 6. The van der Waals surface area contributed by atoms with E-state index in [2.05, 4.69) is 48.7 Å². The maximum atomic E-state index is 12.8. The lowest BCUT2D eigenvalue weighted by molar-refractivity contribution is -0.133. The van der Waals surface area contributed by atoms with Gasteiger partial charge in [0.15, 0.2) is 0 Å². The highest BCUT2D eigenvalue weighted by atomic mass is 32.2. The molecule has 6 aliphatic rings. The summed E-state index contributed by atoms with van der Waals surface area (Å²) in [4.78, 5) is 45.5. The van der Waals surface area contributed by atoms with E-state index in [0.717, 1.165) is 152 Å². The smallest absolute Gasteiger partial charge is 0.226 e. The number of piperidine rings is 3. The van der Waals surface area contributed by atoms with Gasteiger partial charge in [-0.25, -0.2) is 0 Å². The first-order chi connectivity index (χ1) is 40.3. The Labute approximate surface area is 494 Å². The summed E-state index contributed by atoms with van der Waals surface area (Å²) in [5, 5.41) is 0. The highest BCUT2D eigenvalue weighted by molar-refractivity contribution is 7.98. The number of methoxy groups -OCH3 is 2. The van der Waals surface area contributed by atoms with E-state index in [9.17, 15) is 14.4 Å². The summed E-state index contributed by atoms with van der Waals surface area (Å²) in [5.41, 5.74) is 29.1. The van der Waals surface area contributed by atoms with Gasteiger partial charge in [-0.1, -0.05) is 72.8 Å². The second-order valence-electron chi connectivity index (χ2n) is 23.3. The second kappa shape index (κ2) is 26.3. The zero-order valence-electron chi connectivity index (χ0n) is 48.9. The molecule has 3 saturated heterocycles. The van der Waals surface area contributed by atoms with Crippen molar-refractivity contribution in [1.82, 2.24) is 14.7 Å². The van der Waals surface area contributed by atoms with E-state index in [4.69, 9.17) is 40.9 Å². The number of hydrogen-bond donors (Lipinski definition) is 3. The van der Waals surface area contributed by atoms with Crippen molar-refractivity contribution in [2.75, 3.05) is 79.6 Å². The van der Waals surface area contributed by atoms with E-state index in [1.54, 1.807) is 26.0 Å². The largest absolute Gasteiger partial charge is 0.497 e. The molecule has 6 N–H and O–H groups in total. The summed E-state index contributed by atoms with van der Waals surface area (Å²) < 4.78 is 28.4. The topological polar surface area (TPSA) is 185 Å². The molecule has 6 heterocycles. The van der Waals surface area contributed by atoms with Crippen molar-refractivity contribution in [2.24, 2.45) is 17.2 Å². The van der Waals surface area contributed by atoms with Gasteiger partial charge < -0.3 is 55.6 Å². The van der Waals surface area contributed by atoms with E-state index < -0.39 is 0 Å². The molecule has 0 atom stereocenters. The van der Waals surface area contributed by atoms with E-state index in [1.165, 1.54) is 21.6 Å². The Morgan fingerprint density at radius 2 is 0.916 bits per heavy atom. The van der Waals surface area contributed by atoms with Crippen LogP contribution in [0.5, 0.6) is 28.7 Å². The van der Waals surface area contributed by atoms with Crippen LogP contribution >= 0.6 is 11.8 Å². The van der Waals surface area contributed by atoms with Crippen LogP contribution in [0.3, 0.4) is 0 Å². The lowest BCUT2D eigenvalue weighted by Crippen LogP contribution is -2.46. The first kappa shape index (κ1) is 59.1. The Morgan fingerprint density at radius 1 is 0.494 bits per heavy atom. The summed E-state index contributed by atoms with van der Waals surface area (Å²) in [5.74, 6) is 5.27. The molecule has 3 amide bonds. The fourth-order valence-electron chi connectivity index (χ4n) is 13.0. The number of amides is 3. The van der Waals surface area contributed by atoms with Gasteiger partial charge in [-0.05, 0) is 146 Å². The number of hydrogen-bond acceptors (Lipinski definition) is 12. The van der Waals surface area contributed by atoms with Crippen LogP contribution in [0.1, 0.15) is 101 Å². The highest BCUT2D eigenvalue weighted by Gasteiger charge is 2.46. The number of benzene rings is 6. The maximum absolute atomic E-state index is 12.8. The molecule has 438 valence electrons. The highest BCUT2D eigenvalue weighted by Crippen LogP contribution is 2.48. The number of thioether (sulfide) groups is 1. The number of nitrogens with two attached hydrogens (primary N) is 3. The average molecular weight is 1140 g/mol. The third-order valence-electron chi connectivity index (χ3n) is 18.4. The Bertz CT molecular complexity index is 3250. The summed E-state index contributed by atoms with van der Waals surface area (Å²) in [7, 11) is 3.33. The van der Waals surface area contributed by atoms with Gasteiger partial charge in [-0.15, -0.1) is 11.8 Å². The zero-order valence-corrected chi connectivity index (χ0v) is 49.7. The summed E-state index contributed by atoms with van der Waals surface area (Å²) in [6.45, 7) is 10.4. The third-order valence-corrected chi connectivity index (χ3v) is 19.1. The zero-order chi connectivity index (χ0) is 58.1. The maximum Gasteiger partial charge on any atom is 0.226 e. The van der Waals surface area contributed by atoms with Gasteiger partial charge in [-0.3, -0.25) is 14.4 Å². The van der Waals surface area contributed by atoms with Gasteiger partial charge >= 0.3 is 0 Å². The molecule has 6 aliphatic heterocycles. The average Bonchev–Trinajstić information content (AvgIpc) is 2.59. The molecule has 0 saturated carbocycles. The number of aryl methyl sites for hydroxylation is 2. The first-order valence-corrected chi connectivity index (χ1v) is 30.7. The van der Waals surface area contributed by atoms with Crippen molar-refractivity contribution < 1.29 is 38.1 Å². The minimum Gasteiger partial charge on any atom is -0.497 e. The molecule has 0 radical (unpaired) electrons. The molecule has 12 rings (SSSR count). The van der Waals surface area contributed by atoms with Crippen molar-refractivity contribution in [3.63, 3.8) is 0 Å². The van der Waals surface area contributed by atoms with Crippen molar-refractivity contribution in [2.45, 2.75) is 112 Å². The van der Waals surface area contributed by atoms with Crippen LogP contribution in [0.4, 0.5) is 0 Å². The summed E-state index contributed by atoms with van der Waals surface area (Å²) >= 11 is 1.72. The number of rotatable bonds is 13. The number of carbonyl (C=O) groups excluding carboxylic acids is 3. The molecule has 6 aromatic rings. The van der Waals surface area contributed by atoms with Crippen LogP contribution in [-0.4, -0.2) is 112 Å². The Balaban J connectivity index is 0.000000139. The van der Waals surface area contributed by atoms with Crippen LogP contribution in [0, 0.1) is 6.92 Å². The predicted octanol–water partition coefficient (Wildman–Crippen LogP) is 9.36. The van der Waals surface area contributed by atoms with Crippen LogP contribution < -0.4 is 40.9 Å². The van der Waals surface area contributed by atoms with Crippen LogP contribution in [0.15, 0.2) is 126 Å². The van der Waals surface area contributed by atoms with Gasteiger partial charge in [0, 0.05) is 103 Å². The fraction of sp³-hybridized carbons (Fsp3) is 0.426. The molecule has 0 unspecified atom stereocenters. The minimum atomic E-state index is 0.0218. The molecule has 3 spiro atoms. The van der Waals surface area contributed by atoms with Crippen LogP contribution in [0.25, 0.3) is 0 Å². The lowest BCUT2D eigenvalue weighted by atomic mass is 9.74. The number of ether oxygens (including phenoxy) is 5. The molecule has 83 heavy (non-hydrogen) atoms. The molecule has 0 aromatic heterocycles. The van der Waals surface area contributed by atoms with Gasteiger partial charge in [0.05, 0.1) is 46.9 Å². The lowest BCUT2D eigenvalue weighted by Gasteiger charge is -2.38.